The number of nitrogens with zero attached hydrogens (tertiary/aromatic N) is 1. The van der Waals surface area contributed by atoms with Gasteiger partial charge in [0, 0.05) is 35.8 Å². The number of amides is 1. The Hall–Kier alpha value is -1.52. The Bertz CT molecular complexity index is 517. The third-order valence-electron chi connectivity index (χ3n) is 3.37. The van der Waals surface area contributed by atoms with Gasteiger partial charge in [-0.2, -0.15) is 0 Å². The number of likely N-dealkylation sites (tertiary alicyclic amines) is 1. The highest BCUT2D eigenvalue weighted by Gasteiger charge is 2.19. The summed E-state index contributed by atoms with van der Waals surface area (Å²) >= 11 is 5.96. The van der Waals surface area contributed by atoms with Crippen LogP contribution in [0, 0.1) is 0 Å². The van der Waals surface area contributed by atoms with E-state index in [0.29, 0.717) is 17.3 Å². The summed E-state index contributed by atoms with van der Waals surface area (Å²) in [6.07, 6.45) is 5.22. The number of piperidine rings is 1. The maximum atomic E-state index is 12.1. The first-order valence-electron chi connectivity index (χ1n) is 6.66. The zero-order chi connectivity index (χ0) is 14.5. The van der Waals surface area contributed by atoms with Crippen molar-refractivity contribution in [2.75, 3.05) is 20.2 Å². The van der Waals surface area contributed by atoms with Gasteiger partial charge in [0.05, 0.1) is 7.11 Å². The molecule has 0 aromatic heterocycles. The van der Waals surface area contributed by atoms with E-state index in [1.165, 1.54) is 0 Å². The van der Waals surface area contributed by atoms with E-state index in [1.807, 2.05) is 0 Å². The summed E-state index contributed by atoms with van der Waals surface area (Å²) in [5.41, 5.74) is 6.67. The molecule has 20 heavy (non-hydrogen) atoms. The maximum Gasteiger partial charge on any atom is 0.246 e. The quantitative estimate of drug-likeness (QED) is 0.871. The Labute approximate surface area is 124 Å². The number of carbonyl (C=O) groups is 1. The molecule has 2 rings (SSSR count). The van der Waals surface area contributed by atoms with Gasteiger partial charge in [-0.15, -0.1) is 0 Å². The van der Waals surface area contributed by atoms with Crippen LogP contribution in [0.1, 0.15) is 18.4 Å². The summed E-state index contributed by atoms with van der Waals surface area (Å²) in [7, 11) is 1.59. The van der Waals surface area contributed by atoms with Gasteiger partial charge in [-0.3, -0.25) is 4.79 Å². The number of methoxy groups -OCH3 is 1. The first kappa shape index (κ1) is 14.9. The standard InChI is InChI=1S/C15H19ClN2O2/c1-20-14-6-5-12(16)9-11(14)4-7-15(19)18-8-2-3-13(17)10-18/h4-7,9,13H,2-3,8,10,17H2,1H3/b7-4+. The zero-order valence-corrected chi connectivity index (χ0v) is 12.3. The number of benzene rings is 1. The fourth-order valence-corrected chi connectivity index (χ4v) is 2.49. The molecule has 1 amide bonds. The lowest BCUT2D eigenvalue weighted by atomic mass is 10.1. The molecule has 0 aliphatic carbocycles. The van der Waals surface area contributed by atoms with Gasteiger partial charge in [0.1, 0.15) is 5.75 Å². The summed E-state index contributed by atoms with van der Waals surface area (Å²) in [6, 6.07) is 5.39. The fraction of sp³-hybridized carbons (Fsp3) is 0.400. The monoisotopic (exact) mass is 294 g/mol. The van der Waals surface area contributed by atoms with Crippen LogP contribution < -0.4 is 10.5 Å². The Morgan fingerprint density at radius 1 is 1.55 bits per heavy atom. The second-order valence-corrected chi connectivity index (χ2v) is 5.34. The smallest absolute Gasteiger partial charge is 0.246 e. The van der Waals surface area contributed by atoms with Gasteiger partial charge in [0.25, 0.3) is 0 Å². The fourth-order valence-electron chi connectivity index (χ4n) is 2.31. The van der Waals surface area contributed by atoms with E-state index in [9.17, 15) is 4.79 Å². The molecule has 1 aliphatic heterocycles. The van der Waals surface area contributed by atoms with E-state index >= 15 is 0 Å². The molecule has 1 unspecified atom stereocenters. The molecule has 4 nitrogen and oxygen atoms in total. The number of halogens is 1. The van der Waals surface area contributed by atoms with Crippen LogP contribution in [0.15, 0.2) is 24.3 Å². The topological polar surface area (TPSA) is 55.6 Å². The van der Waals surface area contributed by atoms with Gasteiger partial charge in [-0.25, -0.2) is 0 Å². The molecule has 1 heterocycles. The van der Waals surface area contributed by atoms with Crippen molar-refractivity contribution in [2.24, 2.45) is 5.73 Å². The number of hydrogen-bond acceptors (Lipinski definition) is 3. The molecule has 2 N–H and O–H groups in total. The van der Waals surface area contributed by atoms with E-state index in [1.54, 1.807) is 42.4 Å². The molecular formula is C15H19ClN2O2. The Balaban J connectivity index is 2.08. The Morgan fingerprint density at radius 2 is 2.35 bits per heavy atom. The largest absolute Gasteiger partial charge is 0.496 e. The zero-order valence-electron chi connectivity index (χ0n) is 11.5. The molecular weight excluding hydrogens is 276 g/mol. The number of nitrogens with two attached hydrogens (primary N) is 1. The van der Waals surface area contributed by atoms with Gasteiger partial charge in [-0.05, 0) is 37.1 Å². The van der Waals surface area contributed by atoms with Crippen LogP contribution >= 0.6 is 11.6 Å². The van der Waals surface area contributed by atoms with Gasteiger partial charge >= 0.3 is 0 Å². The molecule has 0 radical (unpaired) electrons. The van der Waals surface area contributed by atoms with Crippen LogP contribution in [-0.2, 0) is 4.79 Å². The van der Waals surface area contributed by atoms with Crippen molar-refractivity contribution in [3.8, 4) is 5.75 Å². The SMILES string of the molecule is COc1ccc(Cl)cc1/C=C/C(=O)N1CCCC(N)C1. The highest BCUT2D eigenvalue weighted by molar-refractivity contribution is 6.30. The van der Waals surface area contributed by atoms with E-state index in [2.05, 4.69) is 0 Å². The van der Waals surface area contributed by atoms with Crippen molar-refractivity contribution in [1.29, 1.82) is 0 Å². The van der Waals surface area contributed by atoms with Crippen molar-refractivity contribution in [3.63, 3.8) is 0 Å². The molecule has 1 fully saturated rings. The van der Waals surface area contributed by atoms with Crippen molar-refractivity contribution in [2.45, 2.75) is 18.9 Å². The lowest BCUT2D eigenvalue weighted by Crippen LogP contribution is -2.45. The van der Waals surface area contributed by atoms with Crippen LogP contribution in [0.25, 0.3) is 6.08 Å². The van der Waals surface area contributed by atoms with Crippen molar-refractivity contribution in [1.82, 2.24) is 4.90 Å². The van der Waals surface area contributed by atoms with Crippen LogP contribution in [0.4, 0.5) is 0 Å². The van der Waals surface area contributed by atoms with Crippen LogP contribution in [-0.4, -0.2) is 37.0 Å². The predicted octanol–water partition coefficient (Wildman–Crippen LogP) is 2.31. The third-order valence-corrected chi connectivity index (χ3v) is 3.60. The lowest BCUT2D eigenvalue weighted by molar-refractivity contribution is -0.127. The highest BCUT2D eigenvalue weighted by Crippen LogP contribution is 2.24. The lowest BCUT2D eigenvalue weighted by Gasteiger charge is -2.29. The number of hydrogen-bond donors (Lipinski definition) is 1. The summed E-state index contributed by atoms with van der Waals surface area (Å²) in [5, 5.41) is 0.609. The number of ether oxygens (including phenoxy) is 1. The highest BCUT2D eigenvalue weighted by atomic mass is 35.5. The van der Waals surface area contributed by atoms with Crippen molar-refractivity contribution in [3.05, 3.63) is 34.9 Å². The molecule has 1 aromatic carbocycles. The first-order valence-corrected chi connectivity index (χ1v) is 7.04. The Morgan fingerprint density at radius 3 is 3.05 bits per heavy atom. The van der Waals surface area contributed by atoms with Crippen LogP contribution in [0.2, 0.25) is 5.02 Å². The minimum atomic E-state index is -0.0258. The van der Waals surface area contributed by atoms with Crippen molar-refractivity contribution >= 4 is 23.6 Å². The molecule has 1 atom stereocenters. The average Bonchev–Trinajstić information content (AvgIpc) is 2.45. The second kappa shape index (κ2) is 6.77. The van der Waals surface area contributed by atoms with E-state index < -0.39 is 0 Å². The predicted molar refractivity (Wildman–Crippen MR) is 80.8 cm³/mol. The molecule has 1 aromatic rings. The molecule has 0 spiro atoms. The minimum absolute atomic E-state index is 0.0258. The number of carbonyl (C=O) groups excluding carboxylic acids is 1. The van der Waals surface area contributed by atoms with Gasteiger partial charge < -0.3 is 15.4 Å². The average molecular weight is 295 g/mol. The summed E-state index contributed by atoms with van der Waals surface area (Å²) in [5.74, 6) is 0.663. The van der Waals surface area contributed by atoms with Gasteiger partial charge in [0.15, 0.2) is 0 Å². The van der Waals surface area contributed by atoms with Crippen LogP contribution in [0.5, 0.6) is 5.75 Å². The first-order chi connectivity index (χ1) is 9.60. The van der Waals surface area contributed by atoms with E-state index in [4.69, 9.17) is 22.1 Å². The molecule has 5 heteroatoms. The second-order valence-electron chi connectivity index (χ2n) is 4.91. The molecule has 1 saturated heterocycles. The summed E-state index contributed by atoms with van der Waals surface area (Å²) < 4.78 is 5.24. The van der Waals surface area contributed by atoms with Crippen LogP contribution in [0.3, 0.4) is 0 Å². The molecule has 108 valence electrons. The van der Waals surface area contributed by atoms with Gasteiger partial charge in [0.2, 0.25) is 5.91 Å². The number of rotatable bonds is 3. The van der Waals surface area contributed by atoms with E-state index in [0.717, 1.165) is 24.9 Å². The normalized spacial score (nSPS) is 19.4. The maximum absolute atomic E-state index is 12.1. The summed E-state index contributed by atoms with van der Waals surface area (Å²) in [6.45, 7) is 1.39. The minimum Gasteiger partial charge on any atom is -0.496 e. The van der Waals surface area contributed by atoms with Crippen molar-refractivity contribution < 1.29 is 9.53 Å². The molecule has 1 aliphatic rings. The molecule has 0 bridgehead atoms. The summed E-state index contributed by atoms with van der Waals surface area (Å²) in [4.78, 5) is 13.9. The Kier molecular flexibility index (Phi) is 5.04. The van der Waals surface area contributed by atoms with E-state index in [-0.39, 0.29) is 11.9 Å². The molecule has 0 saturated carbocycles. The third kappa shape index (κ3) is 3.74. The van der Waals surface area contributed by atoms with Gasteiger partial charge in [-0.1, -0.05) is 11.6 Å².